The maximum Gasteiger partial charge on any atom is 0.338 e. The molecule has 0 aliphatic carbocycles. The summed E-state index contributed by atoms with van der Waals surface area (Å²) in [6.07, 6.45) is 1.93. The maximum absolute atomic E-state index is 13.9. The topological polar surface area (TPSA) is 65.6 Å². The zero-order chi connectivity index (χ0) is 27.1. The van der Waals surface area contributed by atoms with Gasteiger partial charge in [0.05, 0.1) is 28.5 Å². The molecule has 1 atom stereocenters. The smallest absolute Gasteiger partial charge is 0.338 e. The molecule has 2 aromatic carbocycles. The lowest BCUT2D eigenvalue weighted by molar-refractivity contribution is -0.139. The van der Waals surface area contributed by atoms with Crippen LogP contribution in [0.15, 0.2) is 80.1 Å². The van der Waals surface area contributed by atoms with Gasteiger partial charge in [0.1, 0.15) is 0 Å². The van der Waals surface area contributed by atoms with Crippen LogP contribution in [0.25, 0.3) is 11.8 Å². The van der Waals surface area contributed by atoms with Crippen molar-refractivity contribution in [1.29, 1.82) is 0 Å². The van der Waals surface area contributed by atoms with E-state index in [-0.39, 0.29) is 12.2 Å². The van der Waals surface area contributed by atoms with Gasteiger partial charge in [0.25, 0.3) is 5.56 Å². The molecule has 2 aromatic heterocycles. The Kier molecular flexibility index (Phi) is 7.11. The van der Waals surface area contributed by atoms with Crippen LogP contribution in [-0.4, -0.2) is 21.7 Å². The van der Waals surface area contributed by atoms with Gasteiger partial charge in [0.2, 0.25) is 0 Å². The highest BCUT2D eigenvalue weighted by Gasteiger charge is 2.33. The Bertz CT molecular complexity index is 1760. The number of nitrogens with zero attached hydrogens (tertiary/aromatic N) is 3. The minimum atomic E-state index is -0.608. The monoisotopic (exact) mass is 589 g/mol. The standard InChI is InChI=1S/C30H28BrN3O3S/c1-6-37-29(36)26-19(4)32-30-34(27(26)21-9-7-17(2)8-10-21)28(35)25(38-30)16-22-15-18(3)33(20(22)5)24-13-11-23(31)12-14-24/h7-16,27H,6H2,1-5H3/t27-/m0/s1. The average molecular weight is 591 g/mol. The highest BCUT2D eigenvalue weighted by atomic mass is 79.9. The lowest BCUT2D eigenvalue weighted by atomic mass is 9.95. The third-order valence-corrected chi connectivity index (χ3v) is 8.26. The van der Waals surface area contributed by atoms with E-state index in [2.05, 4.69) is 57.5 Å². The van der Waals surface area contributed by atoms with Crippen LogP contribution < -0.4 is 14.9 Å². The number of thiazole rings is 1. The van der Waals surface area contributed by atoms with E-state index in [1.165, 1.54) is 11.3 Å². The summed E-state index contributed by atoms with van der Waals surface area (Å²) in [4.78, 5) is 32.2. The van der Waals surface area contributed by atoms with Gasteiger partial charge in [0, 0.05) is 21.5 Å². The van der Waals surface area contributed by atoms with E-state index in [0.717, 1.165) is 38.2 Å². The Morgan fingerprint density at radius 3 is 2.42 bits per heavy atom. The minimum absolute atomic E-state index is 0.179. The van der Waals surface area contributed by atoms with Gasteiger partial charge in [-0.1, -0.05) is 57.1 Å². The molecule has 0 unspecified atom stereocenters. The molecule has 4 aromatic rings. The number of esters is 1. The van der Waals surface area contributed by atoms with Gasteiger partial charge in [-0.3, -0.25) is 9.36 Å². The molecule has 0 saturated heterocycles. The third kappa shape index (κ3) is 4.63. The van der Waals surface area contributed by atoms with Crippen LogP contribution in [-0.2, 0) is 9.53 Å². The summed E-state index contributed by atoms with van der Waals surface area (Å²) in [7, 11) is 0. The van der Waals surface area contributed by atoms with Gasteiger partial charge in [-0.15, -0.1) is 0 Å². The van der Waals surface area contributed by atoms with Crippen LogP contribution in [0.1, 0.15) is 48.0 Å². The predicted octanol–water partition coefficient (Wildman–Crippen LogP) is 5.28. The van der Waals surface area contributed by atoms with Crippen molar-refractivity contribution in [2.45, 2.75) is 40.7 Å². The van der Waals surface area contributed by atoms with Crippen LogP contribution >= 0.6 is 27.3 Å². The minimum Gasteiger partial charge on any atom is -0.463 e. The van der Waals surface area contributed by atoms with Gasteiger partial charge in [-0.25, -0.2) is 9.79 Å². The van der Waals surface area contributed by atoms with E-state index in [9.17, 15) is 9.59 Å². The third-order valence-electron chi connectivity index (χ3n) is 6.75. The highest BCUT2D eigenvalue weighted by Crippen LogP contribution is 2.31. The van der Waals surface area contributed by atoms with Crippen molar-refractivity contribution in [3.8, 4) is 5.69 Å². The number of halogens is 1. The number of hydrogen-bond donors (Lipinski definition) is 0. The second kappa shape index (κ2) is 10.3. The number of allylic oxidation sites excluding steroid dienone is 1. The zero-order valence-electron chi connectivity index (χ0n) is 21.9. The Morgan fingerprint density at radius 1 is 1.08 bits per heavy atom. The highest BCUT2D eigenvalue weighted by molar-refractivity contribution is 9.10. The first-order valence-electron chi connectivity index (χ1n) is 12.4. The zero-order valence-corrected chi connectivity index (χ0v) is 24.3. The first-order chi connectivity index (χ1) is 18.2. The van der Waals surface area contributed by atoms with E-state index in [4.69, 9.17) is 4.74 Å². The van der Waals surface area contributed by atoms with E-state index >= 15 is 0 Å². The van der Waals surface area contributed by atoms with E-state index < -0.39 is 12.0 Å². The van der Waals surface area contributed by atoms with Crippen LogP contribution in [0.2, 0.25) is 0 Å². The van der Waals surface area contributed by atoms with E-state index in [1.54, 1.807) is 18.4 Å². The van der Waals surface area contributed by atoms with Crippen LogP contribution in [0.4, 0.5) is 0 Å². The lowest BCUT2D eigenvalue weighted by Gasteiger charge is -2.24. The summed E-state index contributed by atoms with van der Waals surface area (Å²) in [5, 5.41) is 0. The SMILES string of the molecule is CCOC(=O)C1=C(C)N=c2sc(=Cc3cc(C)n(-c4ccc(Br)cc4)c3C)c(=O)n2[C@H]1c1ccc(C)cc1. The Morgan fingerprint density at radius 2 is 1.76 bits per heavy atom. The molecule has 0 radical (unpaired) electrons. The summed E-state index contributed by atoms with van der Waals surface area (Å²) in [5.41, 5.74) is 6.84. The summed E-state index contributed by atoms with van der Waals surface area (Å²) < 4.78 is 10.8. The predicted molar refractivity (Wildman–Crippen MR) is 155 cm³/mol. The molecule has 0 saturated carbocycles. The molecule has 0 fully saturated rings. The number of aromatic nitrogens is 2. The average Bonchev–Trinajstić information content (AvgIpc) is 3.34. The number of carbonyl (C=O) groups is 1. The molecule has 0 amide bonds. The molecule has 1 aliphatic rings. The van der Waals surface area contributed by atoms with Gasteiger partial charge in [-0.05, 0) is 82.2 Å². The van der Waals surface area contributed by atoms with Crippen molar-refractivity contribution in [2.75, 3.05) is 6.61 Å². The number of ether oxygens (including phenoxy) is 1. The van der Waals surface area contributed by atoms with Crippen molar-refractivity contribution in [3.05, 3.63) is 118 Å². The van der Waals surface area contributed by atoms with Crippen molar-refractivity contribution < 1.29 is 9.53 Å². The van der Waals surface area contributed by atoms with Crippen LogP contribution in [0, 0.1) is 20.8 Å². The van der Waals surface area contributed by atoms with Gasteiger partial charge in [-0.2, -0.15) is 0 Å². The largest absolute Gasteiger partial charge is 0.463 e. The fourth-order valence-corrected chi connectivity index (χ4v) is 6.22. The Balaban J connectivity index is 1.68. The molecule has 3 heterocycles. The quantitative estimate of drug-likeness (QED) is 0.298. The number of hydrogen-bond acceptors (Lipinski definition) is 5. The lowest BCUT2D eigenvalue weighted by Crippen LogP contribution is -2.39. The second-order valence-corrected chi connectivity index (χ2v) is 11.3. The van der Waals surface area contributed by atoms with Crippen molar-refractivity contribution >= 4 is 39.3 Å². The maximum atomic E-state index is 13.9. The Hall–Kier alpha value is -3.49. The summed E-state index contributed by atoms with van der Waals surface area (Å²) in [5.74, 6) is -0.452. The number of fused-ring (bicyclic) bond motifs is 1. The van der Waals surface area contributed by atoms with Crippen LogP contribution in [0.3, 0.4) is 0 Å². The normalized spacial score (nSPS) is 15.4. The second-order valence-electron chi connectivity index (χ2n) is 9.35. The molecule has 194 valence electrons. The van der Waals surface area contributed by atoms with Crippen molar-refractivity contribution in [1.82, 2.24) is 9.13 Å². The number of benzene rings is 2. The molecule has 38 heavy (non-hydrogen) atoms. The molecule has 0 spiro atoms. The van der Waals surface area contributed by atoms with E-state index in [0.29, 0.717) is 20.6 Å². The van der Waals surface area contributed by atoms with Crippen molar-refractivity contribution in [3.63, 3.8) is 0 Å². The molecule has 8 heteroatoms. The number of carbonyl (C=O) groups excluding carboxylic acids is 1. The molecule has 5 rings (SSSR count). The molecule has 6 nitrogen and oxygen atoms in total. The molecule has 0 N–H and O–H groups in total. The molecular weight excluding hydrogens is 562 g/mol. The van der Waals surface area contributed by atoms with Crippen LogP contribution in [0.5, 0.6) is 0 Å². The number of rotatable bonds is 5. The van der Waals surface area contributed by atoms with Gasteiger partial charge in [0.15, 0.2) is 4.80 Å². The van der Waals surface area contributed by atoms with Gasteiger partial charge >= 0.3 is 5.97 Å². The van der Waals surface area contributed by atoms with Gasteiger partial charge < -0.3 is 9.30 Å². The van der Waals surface area contributed by atoms with Crippen molar-refractivity contribution in [2.24, 2.45) is 4.99 Å². The van der Waals surface area contributed by atoms with E-state index in [1.807, 2.05) is 49.4 Å². The Labute approximate surface area is 233 Å². The first-order valence-corrected chi connectivity index (χ1v) is 14.0. The first kappa shape index (κ1) is 26.1. The summed E-state index contributed by atoms with van der Waals surface area (Å²) >= 11 is 4.84. The fraction of sp³-hybridized carbons (Fsp3) is 0.233. The molecule has 0 bridgehead atoms. The fourth-order valence-electron chi connectivity index (χ4n) is 4.92. The number of aryl methyl sites for hydroxylation is 2. The summed E-state index contributed by atoms with van der Waals surface area (Å²) in [6.45, 7) is 9.93. The summed E-state index contributed by atoms with van der Waals surface area (Å²) in [6, 6.07) is 17.5. The molecule has 1 aliphatic heterocycles. The molecular formula is C30H28BrN3O3S.